The molecule has 0 spiro atoms. The van der Waals surface area contributed by atoms with E-state index in [0.717, 1.165) is 6.04 Å². The van der Waals surface area contributed by atoms with E-state index in [4.69, 9.17) is 0 Å². The average Bonchev–Trinajstić information content (AvgIpc) is 2.80. The van der Waals surface area contributed by atoms with Crippen molar-refractivity contribution in [1.82, 2.24) is 5.32 Å². The number of rotatable bonds is 4. The van der Waals surface area contributed by atoms with Crippen LogP contribution in [0.25, 0.3) is 6.08 Å². The fraction of sp³-hybridized carbons (Fsp3) is 0.429. The Kier molecular flexibility index (Phi) is 3.57. The van der Waals surface area contributed by atoms with E-state index in [1.807, 2.05) is 6.08 Å². The first-order chi connectivity index (χ1) is 7.38. The minimum atomic E-state index is 0.754. The Morgan fingerprint density at radius 3 is 2.73 bits per heavy atom. The van der Waals surface area contributed by atoms with Gasteiger partial charge in [0.15, 0.2) is 0 Å². The van der Waals surface area contributed by atoms with Gasteiger partial charge < -0.3 is 5.32 Å². The maximum Gasteiger partial charge on any atom is 0.00707 e. The second-order valence-corrected chi connectivity index (χ2v) is 4.28. The molecule has 1 aromatic rings. The summed E-state index contributed by atoms with van der Waals surface area (Å²) in [5, 5.41) is 3.53. The Bertz CT molecular complexity index is 307. The zero-order valence-corrected chi connectivity index (χ0v) is 9.21. The van der Waals surface area contributed by atoms with Crippen molar-refractivity contribution < 1.29 is 0 Å². The highest BCUT2D eigenvalue weighted by atomic mass is 14.9. The lowest BCUT2D eigenvalue weighted by atomic mass is 10.0. The van der Waals surface area contributed by atoms with Crippen LogP contribution in [0.4, 0.5) is 0 Å². The van der Waals surface area contributed by atoms with Crippen molar-refractivity contribution in [3.05, 3.63) is 42.0 Å². The van der Waals surface area contributed by atoms with E-state index in [9.17, 15) is 0 Å². The predicted octanol–water partition coefficient (Wildman–Crippen LogP) is 3.01. The zero-order chi connectivity index (χ0) is 10.5. The summed E-state index contributed by atoms with van der Waals surface area (Å²) < 4.78 is 0. The van der Waals surface area contributed by atoms with Crippen LogP contribution in [0.3, 0.4) is 0 Å². The molecule has 1 fully saturated rings. The lowest BCUT2D eigenvalue weighted by Crippen LogP contribution is -2.21. The molecule has 0 radical (unpaired) electrons. The van der Waals surface area contributed by atoms with E-state index >= 15 is 0 Å². The van der Waals surface area contributed by atoms with Crippen molar-refractivity contribution in [2.45, 2.75) is 31.7 Å². The summed E-state index contributed by atoms with van der Waals surface area (Å²) in [5.41, 5.74) is 2.65. The molecule has 0 bridgehead atoms. The van der Waals surface area contributed by atoms with Gasteiger partial charge >= 0.3 is 0 Å². The molecule has 1 saturated heterocycles. The van der Waals surface area contributed by atoms with Gasteiger partial charge in [0.05, 0.1) is 0 Å². The molecule has 1 unspecified atom stereocenters. The Morgan fingerprint density at radius 2 is 2.13 bits per heavy atom. The van der Waals surface area contributed by atoms with Crippen LogP contribution in [-0.2, 0) is 6.42 Å². The molecule has 0 aromatic heterocycles. The van der Waals surface area contributed by atoms with Crippen LogP contribution in [0.15, 0.2) is 30.8 Å². The average molecular weight is 201 g/mol. The highest BCUT2D eigenvalue weighted by Crippen LogP contribution is 2.13. The van der Waals surface area contributed by atoms with Gasteiger partial charge in [-0.25, -0.2) is 0 Å². The number of hydrogen-bond acceptors (Lipinski definition) is 1. The fourth-order valence-electron chi connectivity index (χ4n) is 2.16. The topological polar surface area (TPSA) is 12.0 Å². The first-order valence-corrected chi connectivity index (χ1v) is 5.83. The Balaban J connectivity index is 1.84. The quantitative estimate of drug-likeness (QED) is 0.789. The van der Waals surface area contributed by atoms with Gasteiger partial charge in [0.2, 0.25) is 0 Å². The van der Waals surface area contributed by atoms with Gasteiger partial charge in [-0.15, -0.1) is 0 Å². The highest BCUT2D eigenvalue weighted by Gasteiger charge is 2.12. The molecular weight excluding hydrogens is 182 g/mol. The summed E-state index contributed by atoms with van der Waals surface area (Å²) in [6, 6.07) is 9.47. The van der Waals surface area contributed by atoms with Crippen molar-refractivity contribution in [2.24, 2.45) is 0 Å². The Hall–Kier alpha value is -1.08. The monoisotopic (exact) mass is 201 g/mol. The van der Waals surface area contributed by atoms with Crippen molar-refractivity contribution in [2.75, 3.05) is 6.54 Å². The summed E-state index contributed by atoms with van der Waals surface area (Å²) in [7, 11) is 0. The molecule has 1 aliphatic heterocycles. The van der Waals surface area contributed by atoms with Crippen LogP contribution in [0.5, 0.6) is 0 Å². The first kappa shape index (κ1) is 10.4. The van der Waals surface area contributed by atoms with E-state index in [1.54, 1.807) is 0 Å². The third kappa shape index (κ3) is 2.93. The number of benzene rings is 1. The van der Waals surface area contributed by atoms with Crippen LogP contribution in [0, 0.1) is 0 Å². The van der Waals surface area contributed by atoms with Gasteiger partial charge in [0.25, 0.3) is 0 Å². The number of nitrogens with one attached hydrogen (secondary N) is 1. The molecule has 1 nitrogen and oxygen atoms in total. The zero-order valence-electron chi connectivity index (χ0n) is 9.21. The molecule has 1 heteroatoms. The molecule has 0 amide bonds. The largest absolute Gasteiger partial charge is 0.314 e. The summed E-state index contributed by atoms with van der Waals surface area (Å²) in [4.78, 5) is 0. The first-order valence-electron chi connectivity index (χ1n) is 5.83. The summed E-state index contributed by atoms with van der Waals surface area (Å²) in [6.45, 7) is 4.97. The van der Waals surface area contributed by atoms with E-state index in [2.05, 4.69) is 36.2 Å². The molecule has 1 aromatic carbocycles. The Morgan fingerprint density at radius 1 is 1.33 bits per heavy atom. The van der Waals surface area contributed by atoms with E-state index in [1.165, 1.54) is 43.4 Å². The highest BCUT2D eigenvalue weighted by molar-refractivity contribution is 5.47. The van der Waals surface area contributed by atoms with Gasteiger partial charge in [0.1, 0.15) is 0 Å². The lowest BCUT2D eigenvalue weighted by molar-refractivity contribution is 0.559. The number of hydrogen-bond donors (Lipinski definition) is 1. The van der Waals surface area contributed by atoms with Crippen molar-refractivity contribution in [1.29, 1.82) is 0 Å². The minimum Gasteiger partial charge on any atom is -0.314 e. The molecule has 15 heavy (non-hydrogen) atoms. The van der Waals surface area contributed by atoms with Crippen molar-refractivity contribution >= 4 is 6.08 Å². The molecular formula is C14H19N. The third-order valence-corrected chi connectivity index (χ3v) is 3.16. The van der Waals surface area contributed by atoms with Gasteiger partial charge in [0, 0.05) is 6.04 Å². The van der Waals surface area contributed by atoms with E-state index < -0.39 is 0 Å². The molecule has 0 aliphatic carbocycles. The minimum absolute atomic E-state index is 0.754. The Labute approximate surface area is 92.2 Å². The fourth-order valence-corrected chi connectivity index (χ4v) is 2.16. The van der Waals surface area contributed by atoms with Crippen LogP contribution in [-0.4, -0.2) is 12.6 Å². The van der Waals surface area contributed by atoms with Gasteiger partial charge in [-0.1, -0.05) is 36.9 Å². The second kappa shape index (κ2) is 5.13. The SMILES string of the molecule is C=Cc1ccc(CCC2CCCN2)cc1. The molecule has 1 heterocycles. The standard InChI is InChI=1S/C14H19N/c1-2-12-5-7-13(8-6-12)9-10-14-4-3-11-15-14/h2,5-8,14-15H,1,3-4,9-11H2. The van der Waals surface area contributed by atoms with Crippen LogP contribution in [0.2, 0.25) is 0 Å². The van der Waals surface area contributed by atoms with Crippen molar-refractivity contribution in [3.63, 3.8) is 0 Å². The number of aryl methyl sites for hydroxylation is 1. The van der Waals surface area contributed by atoms with Crippen LogP contribution >= 0.6 is 0 Å². The molecule has 1 atom stereocenters. The van der Waals surface area contributed by atoms with E-state index in [0.29, 0.717) is 0 Å². The third-order valence-electron chi connectivity index (χ3n) is 3.16. The van der Waals surface area contributed by atoms with E-state index in [-0.39, 0.29) is 0 Å². The summed E-state index contributed by atoms with van der Waals surface area (Å²) in [5.74, 6) is 0. The maximum absolute atomic E-state index is 3.76. The summed E-state index contributed by atoms with van der Waals surface area (Å²) in [6.07, 6.45) is 7.05. The summed E-state index contributed by atoms with van der Waals surface area (Å²) >= 11 is 0. The molecule has 80 valence electrons. The lowest BCUT2D eigenvalue weighted by Gasteiger charge is -2.09. The second-order valence-electron chi connectivity index (χ2n) is 4.28. The smallest absolute Gasteiger partial charge is 0.00707 e. The molecule has 1 N–H and O–H groups in total. The molecule has 0 saturated carbocycles. The predicted molar refractivity (Wildman–Crippen MR) is 65.9 cm³/mol. The van der Waals surface area contributed by atoms with Crippen LogP contribution < -0.4 is 5.32 Å². The molecule has 2 rings (SSSR count). The normalized spacial score (nSPS) is 20.4. The van der Waals surface area contributed by atoms with Gasteiger partial charge in [-0.3, -0.25) is 0 Å². The molecule has 1 aliphatic rings. The van der Waals surface area contributed by atoms with Gasteiger partial charge in [-0.05, 0) is 43.4 Å². The van der Waals surface area contributed by atoms with Gasteiger partial charge in [-0.2, -0.15) is 0 Å². The maximum atomic E-state index is 3.76. The van der Waals surface area contributed by atoms with Crippen molar-refractivity contribution in [3.8, 4) is 0 Å². The van der Waals surface area contributed by atoms with Crippen LogP contribution in [0.1, 0.15) is 30.4 Å².